The molecule has 1 amide bonds. The summed E-state index contributed by atoms with van der Waals surface area (Å²) in [6.45, 7) is 5.31. The van der Waals surface area contributed by atoms with Gasteiger partial charge in [-0.1, -0.05) is 39.5 Å². The van der Waals surface area contributed by atoms with Gasteiger partial charge < -0.3 is 4.90 Å². The maximum Gasteiger partial charge on any atom is 0.241 e. The van der Waals surface area contributed by atoms with E-state index in [1.54, 1.807) is 0 Å². The highest BCUT2D eigenvalue weighted by Gasteiger charge is 2.43. The van der Waals surface area contributed by atoms with Crippen LogP contribution in [0, 0.1) is 0 Å². The monoisotopic (exact) mass is 298 g/mol. The number of rotatable bonds is 7. The third kappa shape index (κ3) is 3.33. The lowest BCUT2D eigenvalue weighted by Gasteiger charge is -2.34. The number of carbonyl (C=O) groups is 1. The van der Waals surface area contributed by atoms with Crippen molar-refractivity contribution in [2.24, 2.45) is 0 Å². The van der Waals surface area contributed by atoms with E-state index in [0.717, 1.165) is 32.2 Å². The fraction of sp³-hybridized carbons (Fsp3) is 0.938. The first-order chi connectivity index (χ1) is 9.65. The summed E-state index contributed by atoms with van der Waals surface area (Å²) in [5.41, 5.74) is 0. The van der Waals surface area contributed by atoms with Crippen LogP contribution in [0.15, 0.2) is 0 Å². The molecule has 0 radical (unpaired) electrons. The van der Waals surface area contributed by atoms with Crippen LogP contribution in [-0.4, -0.2) is 40.6 Å². The van der Waals surface area contributed by atoms with E-state index in [2.05, 4.69) is 30.3 Å². The van der Waals surface area contributed by atoms with Crippen molar-refractivity contribution < 1.29 is 4.79 Å². The third-order valence-electron chi connectivity index (χ3n) is 4.90. The van der Waals surface area contributed by atoms with Crippen molar-refractivity contribution in [1.82, 2.24) is 10.2 Å². The summed E-state index contributed by atoms with van der Waals surface area (Å²) in [6.07, 6.45) is 11.9. The van der Waals surface area contributed by atoms with Crippen LogP contribution < -0.4 is 5.32 Å². The Hall–Kier alpha value is -0.220. The number of nitrogens with zero attached hydrogens (tertiary/aromatic N) is 1. The molecule has 0 spiro atoms. The zero-order valence-corrected chi connectivity index (χ0v) is 14.1. The number of thioether (sulfide) groups is 1. The first-order valence-corrected chi connectivity index (χ1v) is 9.50. The molecule has 2 rings (SSSR count). The maximum atomic E-state index is 12.7. The first-order valence-electron chi connectivity index (χ1n) is 8.27. The molecule has 0 aromatic heterocycles. The Balaban J connectivity index is 2.07. The van der Waals surface area contributed by atoms with Gasteiger partial charge in [-0.3, -0.25) is 10.1 Å². The molecule has 2 fully saturated rings. The van der Waals surface area contributed by atoms with E-state index in [-0.39, 0.29) is 12.2 Å². The van der Waals surface area contributed by atoms with Gasteiger partial charge in [-0.25, -0.2) is 0 Å². The summed E-state index contributed by atoms with van der Waals surface area (Å²) in [4.78, 5) is 14.9. The van der Waals surface area contributed by atoms with Gasteiger partial charge in [-0.05, 0) is 31.9 Å². The van der Waals surface area contributed by atoms with E-state index in [1.807, 2.05) is 11.8 Å². The SMILES string of the molecule is CCCC1NC(CCC)N(CC2(SC)CCCC2)C1=O. The second kappa shape index (κ2) is 7.17. The molecule has 0 bridgehead atoms. The molecule has 2 unspecified atom stereocenters. The summed E-state index contributed by atoms with van der Waals surface area (Å²) in [7, 11) is 0. The Labute approximate surface area is 128 Å². The van der Waals surface area contributed by atoms with Crippen LogP contribution in [-0.2, 0) is 4.79 Å². The van der Waals surface area contributed by atoms with Gasteiger partial charge in [-0.15, -0.1) is 0 Å². The Morgan fingerprint density at radius 1 is 1.25 bits per heavy atom. The summed E-state index contributed by atoms with van der Waals surface area (Å²) in [6, 6.07) is 0.0665. The molecular weight excluding hydrogens is 268 g/mol. The molecule has 0 aromatic rings. The second-order valence-electron chi connectivity index (χ2n) is 6.37. The van der Waals surface area contributed by atoms with Gasteiger partial charge in [0.05, 0.1) is 12.2 Å². The van der Waals surface area contributed by atoms with Gasteiger partial charge >= 0.3 is 0 Å². The molecule has 1 aliphatic carbocycles. The molecule has 116 valence electrons. The summed E-state index contributed by atoms with van der Waals surface area (Å²) >= 11 is 1.98. The first kappa shape index (κ1) is 16.2. The number of carbonyl (C=O) groups excluding carboxylic acids is 1. The van der Waals surface area contributed by atoms with Crippen LogP contribution in [0.2, 0.25) is 0 Å². The summed E-state index contributed by atoms with van der Waals surface area (Å²) in [5.74, 6) is 0.352. The summed E-state index contributed by atoms with van der Waals surface area (Å²) in [5, 5.41) is 3.58. The van der Waals surface area contributed by atoms with Gasteiger partial charge in [0.1, 0.15) is 0 Å². The van der Waals surface area contributed by atoms with Crippen molar-refractivity contribution in [3.05, 3.63) is 0 Å². The van der Waals surface area contributed by atoms with Crippen LogP contribution in [0.3, 0.4) is 0 Å². The minimum atomic E-state index is 0.0665. The Kier molecular flexibility index (Phi) is 5.79. The van der Waals surface area contributed by atoms with Crippen LogP contribution >= 0.6 is 11.8 Å². The average Bonchev–Trinajstić information content (AvgIpc) is 3.02. The number of nitrogens with one attached hydrogen (secondary N) is 1. The molecule has 1 N–H and O–H groups in total. The number of hydrogen-bond acceptors (Lipinski definition) is 3. The van der Waals surface area contributed by atoms with E-state index in [4.69, 9.17) is 0 Å². The van der Waals surface area contributed by atoms with Crippen LogP contribution in [0.25, 0.3) is 0 Å². The topological polar surface area (TPSA) is 32.3 Å². The predicted molar refractivity (Wildman–Crippen MR) is 87.0 cm³/mol. The normalized spacial score (nSPS) is 29.4. The quantitative estimate of drug-likeness (QED) is 0.782. The highest BCUT2D eigenvalue weighted by Crippen LogP contribution is 2.41. The van der Waals surface area contributed by atoms with Crippen molar-refractivity contribution in [1.29, 1.82) is 0 Å². The fourth-order valence-electron chi connectivity index (χ4n) is 3.70. The molecule has 3 nitrogen and oxygen atoms in total. The predicted octanol–water partition coefficient (Wildman–Crippen LogP) is 3.39. The smallest absolute Gasteiger partial charge is 0.241 e. The van der Waals surface area contributed by atoms with Gasteiger partial charge in [0, 0.05) is 11.3 Å². The molecular formula is C16H30N2OS. The van der Waals surface area contributed by atoms with Crippen LogP contribution in [0.1, 0.15) is 65.2 Å². The van der Waals surface area contributed by atoms with Crippen molar-refractivity contribution in [3.8, 4) is 0 Å². The molecule has 1 saturated carbocycles. The standard InChI is InChI=1S/C16H30N2OS/c1-4-8-13-15(19)18(14(17-13)9-5-2)12-16(20-3)10-6-7-11-16/h13-14,17H,4-12H2,1-3H3. The van der Waals surface area contributed by atoms with Crippen molar-refractivity contribution in [3.63, 3.8) is 0 Å². The largest absolute Gasteiger partial charge is 0.324 e. The maximum absolute atomic E-state index is 12.7. The van der Waals surface area contributed by atoms with E-state index in [0.29, 0.717) is 10.7 Å². The third-order valence-corrected chi connectivity index (χ3v) is 6.30. The van der Waals surface area contributed by atoms with E-state index in [9.17, 15) is 4.79 Å². The number of hydrogen-bond donors (Lipinski definition) is 1. The fourth-order valence-corrected chi connectivity index (χ4v) is 4.67. The van der Waals surface area contributed by atoms with Gasteiger partial charge in [-0.2, -0.15) is 11.8 Å². The van der Waals surface area contributed by atoms with Crippen LogP contribution in [0.4, 0.5) is 0 Å². The van der Waals surface area contributed by atoms with Crippen LogP contribution in [0.5, 0.6) is 0 Å². The lowest BCUT2D eigenvalue weighted by atomic mass is 10.1. The van der Waals surface area contributed by atoms with E-state index in [1.165, 1.54) is 25.7 Å². The van der Waals surface area contributed by atoms with Gasteiger partial charge in [0.15, 0.2) is 0 Å². The molecule has 2 atom stereocenters. The van der Waals surface area contributed by atoms with E-state index >= 15 is 0 Å². The molecule has 2 aliphatic rings. The Bertz CT molecular complexity index is 328. The van der Waals surface area contributed by atoms with Crippen molar-refractivity contribution in [2.45, 2.75) is 82.2 Å². The van der Waals surface area contributed by atoms with Crippen molar-refractivity contribution >= 4 is 17.7 Å². The average molecular weight is 298 g/mol. The zero-order valence-electron chi connectivity index (χ0n) is 13.3. The molecule has 4 heteroatoms. The Morgan fingerprint density at radius 2 is 1.90 bits per heavy atom. The zero-order chi connectivity index (χ0) is 14.6. The van der Waals surface area contributed by atoms with Gasteiger partial charge in [0.2, 0.25) is 5.91 Å². The minimum absolute atomic E-state index is 0.0665. The lowest BCUT2D eigenvalue weighted by Crippen LogP contribution is -2.45. The molecule has 20 heavy (non-hydrogen) atoms. The minimum Gasteiger partial charge on any atom is -0.324 e. The Morgan fingerprint density at radius 3 is 2.45 bits per heavy atom. The van der Waals surface area contributed by atoms with Crippen molar-refractivity contribution in [2.75, 3.05) is 12.8 Å². The highest BCUT2D eigenvalue weighted by molar-refractivity contribution is 8.00. The molecule has 1 aliphatic heterocycles. The van der Waals surface area contributed by atoms with E-state index < -0.39 is 0 Å². The summed E-state index contributed by atoms with van der Waals surface area (Å²) < 4.78 is 0.324. The van der Waals surface area contributed by atoms with Gasteiger partial charge in [0.25, 0.3) is 0 Å². The molecule has 0 aromatic carbocycles. The molecule has 1 saturated heterocycles. The second-order valence-corrected chi connectivity index (χ2v) is 7.65. The lowest BCUT2D eigenvalue weighted by molar-refractivity contribution is -0.130. The molecule has 1 heterocycles. The highest BCUT2D eigenvalue weighted by atomic mass is 32.2. The number of amides is 1.